The van der Waals surface area contributed by atoms with Gasteiger partial charge in [-0.3, -0.25) is 14.5 Å². The Balaban J connectivity index is 2.00. The second-order valence-corrected chi connectivity index (χ2v) is 5.85. The Hall–Kier alpha value is -2.31. The summed E-state index contributed by atoms with van der Waals surface area (Å²) < 4.78 is 5.45. The first kappa shape index (κ1) is 17.1. The van der Waals surface area contributed by atoms with Gasteiger partial charge in [-0.05, 0) is 38.8 Å². The highest BCUT2D eigenvalue weighted by molar-refractivity contribution is 6.08. The number of urea groups is 1. The maximum Gasteiger partial charge on any atom is 0.325 e. The van der Waals surface area contributed by atoms with Crippen LogP contribution in [0.5, 0.6) is 0 Å². The molecule has 0 radical (unpaired) electrons. The first-order chi connectivity index (χ1) is 10.8. The Bertz CT molecular complexity index is 619. The molecule has 0 bridgehead atoms. The van der Waals surface area contributed by atoms with Crippen LogP contribution >= 0.6 is 0 Å². The molecule has 0 aliphatic carbocycles. The minimum Gasteiger partial charge on any atom is -0.464 e. The van der Waals surface area contributed by atoms with Crippen LogP contribution in [-0.4, -0.2) is 34.8 Å². The zero-order chi connectivity index (χ0) is 17.2. The molecule has 1 aromatic rings. The lowest BCUT2D eigenvalue weighted by atomic mass is 9.93. The summed E-state index contributed by atoms with van der Waals surface area (Å²) in [4.78, 5) is 37.6. The van der Waals surface area contributed by atoms with E-state index in [2.05, 4.69) is 10.6 Å². The standard InChI is InChI=1S/C16H23N3O4/c1-5-16(6-2)14(21)19(15(22)18-16)9-13(20)17-11(4)12-8-7-10(3)23-12/h7-8,11H,5-6,9H2,1-4H3,(H,17,20)(H,18,22). The molecule has 1 aromatic heterocycles. The van der Waals surface area contributed by atoms with E-state index in [1.54, 1.807) is 13.0 Å². The number of nitrogens with zero attached hydrogens (tertiary/aromatic N) is 1. The van der Waals surface area contributed by atoms with Gasteiger partial charge in [0.15, 0.2) is 0 Å². The van der Waals surface area contributed by atoms with Crippen LogP contribution in [0, 0.1) is 6.92 Å². The van der Waals surface area contributed by atoms with Crippen molar-refractivity contribution in [2.75, 3.05) is 6.54 Å². The van der Waals surface area contributed by atoms with Crippen LogP contribution in [0.3, 0.4) is 0 Å². The number of hydrogen-bond donors (Lipinski definition) is 2. The number of imide groups is 1. The maximum absolute atomic E-state index is 12.4. The Kier molecular flexibility index (Phi) is 4.77. The maximum atomic E-state index is 12.4. The van der Waals surface area contributed by atoms with Gasteiger partial charge in [-0.1, -0.05) is 13.8 Å². The van der Waals surface area contributed by atoms with Gasteiger partial charge in [-0.25, -0.2) is 4.79 Å². The third kappa shape index (κ3) is 3.23. The highest BCUT2D eigenvalue weighted by atomic mass is 16.3. The number of furan rings is 1. The molecule has 1 atom stereocenters. The van der Waals surface area contributed by atoms with Crippen molar-refractivity contribution in [3.05, 3.63) is 23.7 Å². The van der Waals surface area contributed by atoms with Gasteiger partial charge in [0.2, 0.25) is 5.91 Å². The number of aryl methyl sites for hydroxylation is 1. The minimum atomic E-state index is -0.888. The summed E-state index contributed by atoms with van der Waals surface area (Å²) in [6, 6.07) is 2.74. The second-order valence-electron chi connectivity index (χ2n) is 5.85. The van der Waals surface area contributed by atoms with E-state index < -0.39 is 17.5 Å². The van der Waals surface area contributed by atoms with Crippen LogP contribution < -0.4 is 10.6 Å². The van der Waals surface area contributed by atoms with Crippen molar-refractivity contribution in [2.24, 2.45) is 0 Å². The summed E-state index contributed by atoms with van der Waals surface area (Å²) in [7, 11) is 0. The Labute approximate surface area is 135 Å². The van der Waals surface area contributed by atoms with Crippen molar-refractivity contribution in [1.29, 1.82) is 0 Å². The Morgan fingerprint density at radius 3 is 2.48 bits per heavy atom. The monoisotopic (exact) mass is 321 g/mol. The fraction of sp³-hybridized carbons (Fsp3) is 0.562. The third-order valence-electron chi connectivity index (χ3n) is 4.32. The first-order valence-corrected chi connectivity index (χ1v) is 7.82. The highest BCUT2D eigenvalue weighted by Crippen LogP contribution is 2.24. The number of hydrogen-bond acceptors (Lipinski definition) is 4. The van der Waals surface area contributed by atoms with E-state index in [9.17, 15) is 14.4 Å². The van der Waals surface area contributed by atoms with Crippen molar-refractivity contribution in [2.45, 2.75) is 52.1 Å². The molecule has 1 aliphatic rings. The van der Waals surface area contributed by atoms with Crippen LogP contribution in [0.2, 0.25) is 0 Å². The summed E-state index contributed by atoms with van der Waals surface area (Å²) in [5, 5.41) is 5.43. The van der Waals surface area contributed by atoms with Crippen LogP contribution in [0.25, 0.3) is 0 Å². The van der Waals surface area contributed by atoms with E-state index in [-0.39, 0.29) is 18.5 Å². The molecule has 126 valence electrons. The van der Waals surface area contributed by atoms with Crippen LogP contribution in [-0.2, 0) is 9.59 Å². The van der Waals surface area contributed by atoms with Gasteiger partial charge in [-0.2, -0.15) is 0 Å². The summed E-state index contributed by atoms with van der Waals surface area (Å²) in [6.45, 7) is 6.99. The van der Waals surface area contributed by atoms with Gasteiger partial charge in [0, 0.05) is 0 Å². The van der Waals surface area contributed by atoms with E-state index in [1.807, 2.05) is 26.8 Å². The van der Waals surface area contributed by atoms with E-state index >= 15 is 0 Å². The molecule has 1 aliphatic heterocycles. The Morgan fingerprint density at radius 2 is 2.00 bits per heavy atom. The van der Waals surface area contributed by atoms with E-state index in [0.717, 1.165) is 10.7 Å². The molecule has 7 nitrogen and oxygen atoms in total. The van der Waals surface area contributed by atoms with Gasteiger partial charge >= 0.3 is 6.03 Å². The van der Waals surface area contributed by atoms with E-state index in [0.29, 0.717) is 18.6 Å². The average molecular weight is 321 g/mol. The largest absolute Gasteiger partial charge is 0.464 e. The summed E-state index contributed by atoms with van der Waals surface area (Å²) in [5.41, 5.74) is -0.888. The third-order valence-corrected chi connectivity index (χ3v) is 4.32. The number of nitrogens with one attached hydrogen (secondary N) is 2. The minimum absolute atomic E-state index is 0.295. The molecule has 23 heavy (non-hydrogen) atoms. The van der Waals surface area contributed by atoms with E-state index in [1.165, 1.54) is 0 Å². The van der Waals surface area contributed by atoms with E-state index in [4.69, 9.17) is 4.42 Å². The molecule has 0 spiro atoms. The molecule has 1 fully saturated rings. The quantitative estimate of drug-likeness (QED) is 0.783. The molecule has 1 saturated heterocycles. The normalized spacial score (nSPS) is 18.0. The van der Waals surface area contributed by atoms with Gasteiger partial charge in [-0.15, -0.1) is 0 Å². The fourth-order valence-electron chi connectivity index (χ4n) is 2.74. The lowest BCUT2D eigenvalue weighted by Crippen LogP contribution is -2.46. The predicted molar refractivity (Wildman–Crippen MR) is 83.6 cm³/mol. The number of carbonyl (C=O) groups is 3. The molecule has 2 heterocycles. The fourth-order valence-corrected chi connectivity index (χ4v) is 2.74. The predicted octanol–water partition coefficient (Wildman–Crippen LogP) is 1.88. The van der Waals surface area contributed by atoms with Crippen molar-refractivity contribution in [3.63, 3.8) is 0 Å². The van der Waals surface area contributed by atoms with Crippen molar-refractivity contribution in [1.82, 2.24) is 15.5 Å². The molecule has 0 aromatic carbocycles. The number of rotatable bonds is 6. The summed E-state index contributed by atoms with van der Waals surface area (Å²) in [5.74, 6) is 0.637. The first-order valence-electron chi connectivity index (χ1n) is 7.82. The zero-order valence-electron chi connectivity index (χ0n) is 13.9. The van der Waals surface area contributed by atoms with Crippen molar-refractivity contribution >= 4 is 17.8 Å². The second kappa shape index (κ2) is 6.44. The smallest absolute Gasteiger partial charge is 0.325 e. The van der Waals surface area contributed by atoms with Gasteiger partial charge in [0.1, 0.15) is 23.6 Å². The number of amides is 4. The van der Waals surface area contributed by atoms with Gasteiger partial charge in [0.25, 0.3) is 5.91 Å². The topological polar surface area (TPSA) is 91.7 Å². The molecule has 2 rings (SSSR count). The molecule has 2 N–H and O–H groups in total. The Morgan fingerprint density at radius 1 is 1.35 bits per heavy atom. The summed E-state index contributed by atoms with van der Waals surface area (Å²) >= 11 is 0. The average Bonchev–Trinajstić information content (AvgIpc) is 3.04. The zero-order valence-corrected chi connectivity index (χ0v) is 13.9. The van der Waals surface area contributed by atoms with Crippen LogP contribution in [0.1, 0.15) is 51.2 Å². The van der Waals surface area contributed by atoms with Gasteiger partial charge in [0.05, 0.1) is 6.04 Å². The summed E-state index contributed by atoms with van der Waals surface area (Å²) in [6.07, 6.45) is 0.989. The van der Waals surface area contributed by atoms with Crippen molar-refractivity contribution < 1.29 is 18.8 Å². The van der Waals surface area contributed by atoms with Crippen LogP contribution in [0.4, 0.5) is 4.79 Å². The molecule has 7 heteroatoms. The molecular formula is C16H23N3O4. The van der Waals surface area contributed by atoms with Crippen molar-refractivity contribution in [3.8, 4) is 0 Å². The number of carbonyl (C=O) groups excluding carboxylic acids is 3. The molecule has 4 amide bonds. The lowest BCUT2D eigenvalue weighted by molar-refractivity contribution is -0.135. The SMILES string of the molecule is CCC1(CC)NC(=O)N(CC(=O)NC(C)c2ccc(C)o2)C1=O. The van der Waals surface area contributed by atoms with Crippen LogP contribution in [0.15, 0.2) is 16.5 Å². The highest BCUT2D eigenvalue weighted by Gasteiger charge is 2.49. The molecule has 0 saturated carbocycles. The van der Waals surface area contributed by atoms with Gasteiger partial charge < -0.3 is 15.1 Å². The molecule has 1 unspecified atom stereocenters. The molecular weight excluding hydrogens is 298 g/mol. The lowest BCUT2D eigenvalue weighted by Gasteiger charge is -2.23.